The molecule has 0 bridgehead atoms. The maximum absolute atomic E-state index is 12.7. The average Bonchev–Trinajstić information content (AvgIpc) is 3.25. The summed E-state index contributed by atoms with van der Waals surface area (Å²) >= 11 is 0. The van der Waals surface area contributed by atoms with Crippen molar-refractivity contribution >= 4 is 18.1 Å². The molecule has 30 heavy (non-hydrogen) atoms. The van der Waals surface area contributed by atoms with Gasteiger partial charge in [0, 0.05) is 17.5 Å². The minimum Gasteiger partial charge on any atom is -0.451 e. The molecule has 2 aromatic rings. The number of furan rings is 1. The molecule has 0 aliphatic heterocycles. The summed E-state index contributed by atoms with van der Waals surface area (Å²) in [6, 6.07) is 12.4. The Balaban J connectivity index is 0.00000106. The number of allylic oxidation sites excluding steroid dienone is 1. The topological polar surface area (TPSA) is 42.2 Å². The molecule has 0 radical (unpaired) electrons. The van der Waals surface area contributed by atoms with Gasteiger partial charge in [-0.2, -0.15) is 0 Å². The monoisotopic (exact) mass is 409 g/mol. The van der Waals surface area contributed by atoms with Gasteiger partial charge in [0.25, 0.3) is 5.91 Å². The Labute approximate surface area is 183 Å². The first-order chi connectivity index (χ1) is 14.7. The summed E-state index contributed by atoms with van der Waals surface area (Å²) in [5.41, 5.74) is 2.22. The van der Waals surface area contributed by atoms with E-state index >= 15 is 0 Å². The van der Waals surface area contributed by atoms with Crippen molar-refractivity contribution in [2.45, 2.75) is 72.1 Å². The number of benzene rings is 1. The van der Waals surface area contributed by atoms with Gasteiger partial charge in [-0.05, 0) is 37.5 Å². The van der Waals surface area contributed by atoms with Gasteiger partial charge in [-0.25, -0.2) is 0 Å². The molecule has 1 saturated carbocycles. The van der Waals surface area contributed by atoms with Crippen LogP contribution >= 0.6 is 0 Å². The predicted molar refractivity (Wildman–Crippen MR) is 130 cm³/mol. The van der Waals surface area contributed by atoms with Gasteiger partial charge in [-0.15, -0.1) is 0 Å². The highest BCUT2D eigenvalue weighted by atomic mass is 16.3. The lowest BCUT2D eigenvalue weighted by Gasteiger charge is -2.38. The highest BCUT2D eigenvalue weighted by Crippen LogP contribution is 2.39. The third kappa shape index (κ3) is 6.48. The molecule has 0 spiro atoms. The fraction of sp³-hybridized carbons (Fsp3) is 0.444. The number of hydrogen-bond acceptors (Lipinski definition) is 2. The number of amides is 1. The smallest absolute Gasteiger partial charge is 0.287 e. The summed E-state index contributed by atoms with van der Waals surface area (Å²) in [6.45, 7) is 14.3. The minimum absolute atomic E-state index is 0.0230. The molecule has 3 heteroatoms. The predicted octanol–water partition coefficient (Wildman–Crippen LogP) is 7.64. The maximum Gasteiger partial charge on any atom is 0.287 e. The van der Waals surface area contributed by atoms with E-state index in [-0.39, 0.29) is 11.3 Å². The number of carbonyl (C=O) groups excluding carboxylic acids is 1. The Bertz CT molecular complexity index is 780. The van der Waals surface area contributed by atoms with Crippen LogP contribution in [0.1, 0.15) is 94.2 Å². The first kappa shape index (κ1) is 25.5. The van der Waals surface area contributed by atoms with Crippen LogP contribution in [0.3, 0.4) is 0 Å². The second-order valence-corrected chi connectivity index (χ2v) is 7.02. The molecular formula is C27H39NO2. The van der Waals surface area contributed by atoms with E-state index in [2.05, 4.69) is 36.2 Å². The van der Waals surface area contributed by atoms with Crippen molar-refractivity contribution in [1.82, 2.24) is 5.32 Å². The molecule has 164 valence electrons. The molecule has 1 aromatic heterocycles. The Morgan fingerprint density at radius 1 is 1.10 bits per heavy atom. The third-order valence-electron chi connectivity index (χ3n) is 5.33. The lowest BCUT2D eigenvalue weighted by Crippen LogP contribution is -2.42. The van der Waals surface area contributed by atoms with E-state index < -0.39 is 0 Å². The largest absolute Gasteiger partial charge is 0.451 e. The summed E-state index contributed by atoms with van der Waals surface area (Å²) in [5, 5.41) is 3.12. The number of carbonyl (C=O) groups is 1. The van der Waals surface area contributed by atoms with Crippen molar-refractivity contribution in [2.24, 2.45) is 0 Å². The summed E-state index contributed by atoms with van der Waals surface area (Å²) < 4.78 is 5.68. The van der Waals surface area contributed by atoms with E-state index in [0.29, 0.717) is 18.1 Å². The van der Waals surface area contributed by atoms with E-state index in [1.165, 1.54) is 24.8 Å². The summed E-state index contributed by atoms with van der Waals surface area (Å²) in [6.07, 6.45) is 11.4. The molecule has 1 amide bonds. The van der Waals surface area contributed by atoms with Crippen molar-refractivity contribution in [2.75, 3.05) is 6.54 Å². The first-order valence-corrected chi connectivity index (χ1v) is 11.4. The van der Waals surface area contributed by atoms with E-state index in [1.807, 2.05) is 52.8 Å². The van der Waals surface area contributed by atoms with Crippen LogP contribution in [-0.2, 0) is 5.41 Å². The van der Waals surface area contributed by atoms with Crippen molar-refractivity contribution in [3.8, 4) is 0 Å². The van der Waals surface area contributed by atoms with Gasteiger partial charge in [0.05, 0.1) is 0 Å². The summed E-state index contributed by atoms with van der Waals surface area (Å²) in [7, 11) is 0. The average molecular weight is 410 g/mol. The lowest BCUT2D eigenvalue weighted by atomic mass is 9.69. The van der Waals surface area contributed by atoms with Crippen molar-refractivity contribution in [1.29, 1.82) is 0 Å². The van der Waals surface area contributed by atoms with Crippen LogP contribution in [0.5, 0.6) is 0 Å². The molecule has 0 unspecified atom stereocenters. The van der Waals surface area contributed by atoms with Gasteiger partial charge in [0.1, 0.15) is 5.76 Å². The molecule has 1 N–H and O–H groups in total. The Morgan fingerprint density at radius 3 is 2.30 bits per heavy atom. The second-order valence-electron chi connectivity index (χ2n) is 7.02. The van der Waals surface area contributed by atoms with Crippen LogP contribution in [0.15, 0.2) is 53.5 Å². The van der Waals surface area contributed by atoms with Crippen molar-refractivity contribution < 1.29 is 9.21 Å². The van der Waals surface area contributed by atoms with Crippen LogP contribution in [-0.4, -0.2) is 12.5 Å². The Hall–Kier alpha value is -2.55. The van der Waals surface area contributed by atoms with Crippen LogP contribution in [0.25, 0.3) is 12.2 Å². The molecule has 1 aliphatic rings. The molecule has 3 nitrogen and oxygen atoms in total. The van der Waals surface area contributed by atoms with Gasteiger partial charge >= 0.3 is 0 Å². The summed E-state index contributed by atoms with van der Waals surface area (Å²) in [5.74, 6) is 0.806. The zero-order valence-corrected chi connectivity index (χ0v) is 19.5. The highest BCUT2D eigenvalue weighted by molar-refractivity contribution is 5.92. The molecule has 1 aromatic carbocycles. The van der Waals surface area contributed by atoms with Crippen molar-refractivity contribution in [3.63, 3.8) is 0 Å². The van der Waals surface area contributed by atoms with Gasteiger partial charge < -0.3 is 9.73 Å². The molecule has 1 heterocycles. The van der Waals surface area contributed by atoms with Gasteiger partial charge in [0.2, 0.25) is 0 Å². The standard InChI is InChI=1S/C23H27NO2.2C2H6/c1-3-11-18-16-21(26-20(18)4-2)22(25)24-17-23(14-9-6-10-15-23)19-12-7-5-8-13-19;2*1-2/h3-5,7-8,11-13,16H,2,6,9-10,14-15,17H2,1H3,(H,24,25);2*1-2H3/b11-3-;;. The Kier molecular flexibility index (Phi) is 11.6. The van der Waals surface area contributed by atoms with Gasteiger partial charge in [0.15, 0.2) is 5.76 Å². The van der Waals surface area contributed by atoms with E-state index in [4.69, 9.17) is 4.42 Å². The number of rotatable bonds is 6. The van der Waals surface area contributed by atoms with Crippen LogP contribution < -0.4 is 5.32 Å². The van der Waals surface area contributed by atoms with Crippen LogP contribution in [0.4, 0.5) is 0 Å². The third-order valence-corrected chi connectivity index (χ3v) is 5.33. The van der Waals surface area contributed by atoms with E-state index in [9.17, 15) is 4.79 Å². The summed E-state index contributed by atoms with van der Waals surface area (Å²) in [4.78, 5) is 12.7. The van der Waals surface area contributed by atoms with E-state index in [0.717, 1.165) is 18.4 Å². The van der Waals surface area contributed by atoms with E-state index in [1.54, 1.807) is 12.1 Å². The zero-order valence-electron chi connectivity index (χ0n) is 19.5. The molecule has 0 saturated heterocycles. The van der Waals surface area contributed by atoms with Crippen molar-refractivity contribution in [3.05, 3.63) is 71.7 Å². The van der Waals surface area contributed by atoms with Gasteiger partial charge in [-0.1, -0.05) is 96.0 Å². The molecule has 3 rings (SSSR count). The number of nitrogens with one attached hydrogen (secondary N) is 1. The molecule has 1 fully saturated rings. The normalized spacial score (nSPS) is 14.7. The Morgan fingerprint density at radius 2 is 1.73 bits per heavy atom. The SMILES string of the molecule is C=Cc1oc(C(=O)NCC2(c3ccccc3)CCCCC2)cc1/C=C\C.CC.CC. The molecule has 0 atom stereocenters. The highest BCUT2D eigenvalue weighted by Gasteiger charge is 2.34. The fourth-order valence-corrected chi connectivity index (χ4v) is 3.92. The maximum atomic E-state index is 12.7. The molecule has 1 aliphatic carbocycles. The van der Waals surface area contributed by atoms with Crippen LogP contribution in [0.2, 0.25) is 0 Å². The lowest BCUT2D eigenvalue weighted by molar-refractivity contribution is 0.0908. The van der Waals surface area contributed by atoms with Gasteiger partial charge in [-0.3, -0.25) is 4.79 Å². The zero-order chi connectivity index (χ0) is 22.4. The quantitative estimate of drug-likeness (QED) is 0.532. The molecular weight excluding hydrogens is 370 g/mol. The first-order valence-electron chi connectivity index (χ1n) is 11.4. The fourth-order valence-electron chi connectivity index (χ4n) is 3.92. The second kappa shape index (κ2) is 13.6. The van der Waals surface area contributed by atoms with Crippen LogP contribution in [0, 0.1) is 0 Å². The number of hydrogen-bond donors (Lipinski definition) is 1. The minimum atomic E-state index is -0.162.